The second kappa shape index (κ2) is 14.6. The Labute approximate surface area is 198 Å². The fraction of sp³-hybridized carbons (Fsp3) is 0.615. The zero-order valence-electron chi connectivity index (χ0n) is 20.7. The van der Waals surface area contributed by atoms with Gasteiger partial charge in [-0.2, -0.15) is 0 Å². The average Bonchev–Trinajstić information content (AvgIpc) is 2.81. The van der Waals surface area contributed by atoms with E-state index in [4.69, 9.17) is 9.47 Å². The summed E-state index contributed by atoms with van der Waals surface area (Å²) in [5.74, 6) is 1.48. The molecule has 1 aromatic rings. The topological polar surface area (TPSA) is 79.9 Å². The number of carbonyl (C=O) groups excluding carboxylic acids is 2. The average molecular weight is 460 g/mol. The molecule has 0 unspecified atom stereocenters. The van der Waals surface area contributed by atoms with Gasteiger partial charge in [-0.3, -0.25) is 4.79 Å². The normalized spacial score (nSPS) is 16.3. The number of benzene rings is 1. The number of methoxy groups -OCH3 is 1. The monoisotopic (exact) mass is 459 g/mol. The van der Waals surface area contributed by atoms with Crippen molar-refractivity contribution in [1.82, 2.24) is 15.5 Å². The van der Waals surface area contributed by atoms with Crippen LogP contribution in [0.1, 0.15) is 64.4 Å². The number of rotatable bonds is 12. The number of hydrogen-bond acceptors (Lipinski definition) is 5. The molecule has 1 atom stereocenters. The first-order chi connectivity index (χ1) is 15.9. The molecule has 2 N–H and O–H groups in total. The van der Waals surface area contributed by atoms with Gasteiger partial charge in [-0.15, -0.1) is 0 Å². The van der Waals surface area contributed by atoms with Crippen LogP contribution in [-0.4, -0.2) is 50.2 Å². The third-order valence-electron chi connectivity index (χ3n) is 5.76. The maximum Gasteiger partial charge on any atom is 0.415 e. The first kappa shape index (κ1) is 26.7. The maximum atomic E-state index is 12.8. The van der Waals surface area contributed by atoms with Crippen molar-refractivity contribution in [2.75, 3.05) is 27.2 Å². The number of likely N-dealkylation sites (tertiary alicyclic amines) is 1. The summed E-state index contributed by atoms with van der Waals surface area (Å²) in [5.41, 5.74) is 0.894. The largest absolute Gasteiger partial charge is 0.493 e. The number of piperidine rings is 1. The molecule has 0 spiro atoms. The summed E-state index contributed by atoms with van der Waals surface area (Å²) in [6.45, 7) is 6.17. The summed E-state index contributed by atoms with van der Waals surface area (Å²) in [6.07, 6.45) is 10.5. The molecule has 184 valence electrons. The van der Waals surface area contributed by atoms with E-state index in [2.05, 4.69) is 36.6 Å². The van der Waals surface area contributed by atoms with Gasteiger partial charge in [0.25, 0.3) is 0 Å². The van der Waals surface area contributed by atoms with Crippen LogP contribution in [-0.2, 0) is 11.3 Å². The quantitative estimate of drug-likeness (QED) is 0.351. The first-order valence-electron chi connectivity index (χ1n) is 12.2. The SMILES string of the molecule is CNC[C@H]1CCCCN1C(=O)Oc1ccc(CNC(=O)CCCC/C=C/C(C)C)cc1OC. The van der Waals surface area contributed by atoms with Crippen LogP contribution >= 0.6 is 0 Å². The van der Waals surface area contributed by atoms with Crippen molar-refractivity contribution >= 4 is 12.0 Å². The molecule has 0 radical (unpaired) electrons. The fourth-order valence-corrected chi connectivity index (χ4v) is 3.95. The smallest absolute Gasteiger partial charge is 0.415 e. The Morgan fingerprint density at radius 3 is 2.76 bits per heavy atom. The molecule has 0 aromatic heterocycles. The van der Waals surface area contributed by atoms with Gasteiger partial charge in [0.1, 0.15) is 0 Å². The number of amides is 2. The molecule has 2 amide bonds. The second-order valence-corrected chi connectivity index (χ2v) is 8.95. The van der Waals surface area contributed by atoms with E-state index in [1.54, 1.807) is 24.1 Å². The Morgan fingerprint density at radius 2 is 2.03 bits per heavy atom. The number of unbranched alkanes of at least 4 members (excludes halogenated alkanes) is 2. The van der Waals surface area contributed by atoms with Crippen LogP contribution in [0.2, 0.25) is 0 Å². The molecule has 1 heterocycles. The summed E-state index contributed by atoms with van der Waals surface area (Å²) in [6, 6.07) is 5.53. The minimum Gasteiger partial charge on any atom is -0.493 e. The summed E-state index contributed by atoms with van der Waals surface area (Å²) < 4.78 is 11.1. The van der Waals surface area contributed by atoms with E-state index in [9.17, 15) is 9.59 Å². The molecule has 33 heavy (non-hydrogen) atoms. The fourth-order valence-electron chi connectivity index (χ4n) is 3.95. The molecule has 1 aliphatic rings. The number of nitrogens with one attached hydrogen (secondary N) is 2. The van der Waals surface area contributed by atoms with E-state index < -0.39 is 0 Å². The molecule has 2 rings (SSSR count). The lowest BCUT2D eigenvalue weighted by Crippen LogP contribution is -2.49. The predicted molar refractivity (Wildman–Crippen MR) is 132 cm³/mol. The van der Waals surface area contributed by atoms with Crippen molar-refractivity contribution in [2.24, 2.45) is 5.92 Å². The standard InChI is InChI=1S/C26H41N3O4/c1-20(2)11-7-5-6-8-13-25(30)28-18-21-14-15-23(24(17-21)32-4)33-26(31)29-16-10-9-12-22(29)19-27-3/h7,11,14-15,17,20,22,27H,5-6,8-10,12-13,16,18-19H2,1-4H3,(H,28,30)/b11-7+/t22-/m1/s1. The van der Waals surface area contributed by atoms with E-state index in [0.29, 0.717) is 36.9 Å². The highest BCUT2D eigenvalue weighted by molar-refractivity contribution is 5.76. The molecule has 0 saturated carbocycles. The van der Waals surface area contributed by atoms with Crippen molar-refractivity contribution in [3.63, 3.8) is 0 Å². The zero-order valence-corrected chi connectivity index (χ0v) is 20.7. The van der Waals surface area contributed by atoms with E-state index >= 15 is 0 Å². The summed E-state index contributed by atoms with van der Waals surface area (Å²) in [7, 11) is 3.44. The Bertz CT molecular complexity index is 777. The molecule has 1 aliphatic heterocycles. The molecule has 1 fully saturated rings. The molecule has 1 aromatic carbocycles. The first-order valence-corrected chi connectivity index (χ1v) is 12.2. The van der Waals surface area contributed by atoms with Gasteiger partial charge in [0, 0.05) is 32.1 Å². The molecule has 1 saturated heterocycles. The van der Waals surface area contributed by atoms with Crippen LogP contribution in [0.25, 0.3) is 0 Å². The van der Waals surface area contributed by atoms with Crippen molar-refractivity contribution in [3.8, 4) is 11.5 Å². The van der Waals surface area contributed by atoms with Crippen molar-refractivity contribution < 1.29 is 19.1 Å². The minimum absolute atomic E-state index is 0.0398. The van der Waals surface area contributed by atoms with E-state index in [1.807, 2.05) is 13.1 Å². The van der Waals surface area contributed by atoms with E-state index in [-0.39, 0.29) is 18.0 Å². The lowest BCUT2D eigenvalue weighted by Gasteiger charge is -2.34. The van der Waals surface area contributed by atoms with Crippen LogP contribution in [0.5, 0.6) is 11.5 Å². The molecule has 0 aliphatic carbocycles. The number of allylic oxidation sites excluding steroid dienone is 2. The molecule has 7 heteroatoms. The van der Waals surface area contributed by atoms with Gasteiger partial charge >= 0.3 is 6.09 Å². The van der Waals surface area contributed by atoms with Crippen molar-refractivity contribution in [2.45, 2.75) is 71.4 Å². The van der Waals surface area contributed by atoms with Gasteiger partial charge in [-0.25, -0.2) is 4.79 Å². The Hall–Kier alpha value is -2.54. The number of hydrogen-bond donors (Lipinski definition) is 2. The number of ether oxygens (including phenoxy) is 2. The lowest BCUT2D eigenvalue weighted by molar-refractivity contribution is -0.121. The van der Waals surface area contributed by atoms with Crippen LogP contribution in [0.15, 0.2) is 30.4 Å². The van der Waals surface area contributed by atoms with Crippen LogP contribution < -0.4 is 20.1 Å². The zero-order chi connectivity index (χ0) is 24.1. The van der Waals surface area contributed by atoms with E-state index in [0.717, 1.165) is 50.6 Å². The molecular weight excluding hydrogens is 418 g/mol. The van der Waals surface area contributed by atoms with Crippen LogP contribution in [0.4, 0.5) is 4.79 Å². The Morgan fingerprint density at radius 1 is 1.21 bits per heavy atom. The lowest BCUT2D eigenvalue weighted by atomic mass is 10.0. The van der Waals surface area contributed by atoms with Gasteiger partial charge < -0.3 is 25.0 Å². The number of nitrogens with zero attached hydrogens (tertiary/aromatic N) is 1. The van der Waals surface area contributed by atoms with Crippen molar-refractivity contribution in [1.29, 1.82) is 0 Å². The van der Waals surface area contributed by atoms with Gasteiger partial charge in [0.2, 0.25) is 5.91 Å². The summed E-state index contributed by atoms with van der Waals surface area (Å²) >= 11 is 0. The Balaban J connectivity index is 1.83. The van der Waals surface area contributed by atoms with Crippen molar-refractivity contribution in [3.05, 3.63) is 35.9 Å². The maximum absolute atomic E-state index is 12.8. The number of likely N-dealkylation sites (N-methyl/N-ethyl adjacent to an activating group) is 1. The molecule has 7 nitrogen and oxygen atoms in total. The van der Waals surface area contributed by atoms with Gasteiger partial charge in [0.05, 0.1) is 7.11 Å². The van der Waals surface area contributed by atoms with E-state index in [1.165, 1.54) is 0 Å². The van der Waals surface area contributed by atoms with Gasteiger partial charge in [-0.1, -0.05) is 32.1 Å². The highest BCUT2D eigenvalue weighted by atomic mass is 16.6. The predicted octanol–water partition coefficient (Wildman–Crippen LogP) is 4.66. The highest BCUT2D eigenvalue weighted by Crippen LogP contribution is 2.29. The highest BCUT2D eigenvalue weighted by Gasteiger charge is 2.28. The molecule has 0 bridgehead atoms. The minimum atomic E-state index is -0.349. The summed E-state index contributed by atoms with van der Waals surface area (Å²) in [5, 5.41) is 6.11. The van der Waals surface area contributed by atoms with Crippen LogP contribution in [0.3, 0.4) is 0 Å². The van der Waals surface area contributed by atoms with Crippen LogP contribution in [0, 0.1) is 5.92 Å². The third kappa shape index (κ3) is 9.46. The van der Waals surface area contributed by atoms with Gasteiger partial charge in [0.15, 0.2) is 11.5 Å². The van der Waals surface area contributed by atoms with Gasteiger partial charge in [-0.05, 0) is 69.2 Å². The number of carbonyl (C=O) groups is 2. The second-order valence-electron chi connectivity index (χ2n) is 8.95. The Kier molecular flexibility index (Phi) is 11.8. The summed E-state index contributed by atoms with van der Waals surface area (Å²) in [4.78, 5) is 26.7. The molecular formula is C26H41N3O4. The third-order valence-corrected chi connectivity index (χ3v) is 5.76.